The van der Waals surface area contributed by atoms with Gasteiger partial charge in [0.1, 0.15) is 5.84 Å². The van der Waals surface area contributed by atoms with Crippen LogP contribution in [-0.2, 0) is 11.2 Å². The zero-order valence-electron chi connectivity index (χ0n) is 13.3. The Kier molecular flexibility index (Phi) is 5.72. The maximum Gasteiger partial charge on any atom is 0.222 e. The number of carbonyl (C=O) groups excluding carboxylic acids is 1. The van der Waals surface area contributed by atoms with Gasteiger partial charge in [-0.25, -0.2) is 4.99 Å². The number of amidine groups is 1. The molecule has 0 aromatic heterocycles. The molecular weight excluding hydrogens is 308 g/mol. The first kappa shape index (κ1) is 17.0. The Morgan fingerprint density at radius 2 is 1.91 bits per heavy atom. The van der Waals surface area contributed by atoms with Crippen molar-refractivity contribution in [1.82, 2.24) is 5.32 Å². The molecule has 4 heteroatoms. The van der Waals surface area contributed by atoms with Crippen molar-refractivity contribution < 1.29 is 4.79 Å². The number of carbonyl (C=O) groups is 1. The van der Waals surface area contributed by atoms with Crippen LogP contribution >= 0.6 is 11.6 Å². The normalized spacial score (nSPS) is 11.2. The number of aryl methyl sites for hydroxylation is 1. The predicted molar refractivity (Wildman–Crippen MR) is 96.7 cm³/mol. The summed E-state index contributed by atoms with van der Waals surface area (Å²) < 4.78 is 0. The van der Waals surface area contributed by atoms with Crippen molar-refractivity contribution in [2.24, 2.45) is 4.99 Å². The van der Waals surface area contributed by atoms with Crippen molar-refractivity contribution >= 4 is 29.0 Å². The molecule has 0 saturated carbocycles. The van der Waals surface area contributed by atoms with Crippen LogP contribution in [-0.4, -0.2) is 11.7 Å². The Labute approximate surface area is 141 Å². The van der Waals surface area contributed by atoms with E-state index in [1.807, 2.05) is 48.5 Å². The third kappa shape index (κ3) is 4.54. The molecular formula is C19H19ClN2O. The molecule has 0 unspecified atom stereocenters. The second kappa shape index (κ2) is 7.75. The minimum absolute atomic E-state index is 0.206. The van der Waals surface area contributed by atoms with Crippen LogP contribution in [0.3, 0.4) is 0 Å². The fraction of sp³-hybridized carbons (Fsp3) is 0.158. The van der Waals surface area contributed by atoms with Gasteiger partial charge in [-0.3, -0.25) is 4.79 Å². The van der Waals surface area contributed by atoms with E-state index in [1.165, 1.54) is 6.92 Å². The molecule has 0 aliphatic heterocycles. The van der Waals surface area contributed by atoms with Gasteiger partial charge in [0.05, 0.1) is 10.7 Å². The van der Waals surface area contributed by atoms with E-state index in [2.05, 4.69) is 23.8 Å². The number of rotatable bonds is 4. The van der Waals surface area contributed by atoms with E-state index in [0.717, 1.165) is 17.5 Å². The summed E-state index contributed by atoms with van der Waals surface area (Å²) >= 11 is 6.30. The molecule has 0 atom stereocenters. The van der Waals surface area contributed by atoms with Gasteiger partial charge < -0.3 is 5.32 Å². The number of nitrogens with zero attached hydrogens (tertiary/aromatic N) is 1. The molecule has 1 amide bonds. The molecule has 0 bridgehead atoms. The number of nitrogens with one attached hydrogen (secondary N) is 1. The van der Waals surface area contributed by atoms with Crippen molar-refractivity contribution in [3.05, 3.63) is 76.8 Å². The summed E-state index contributed by atoms with van der Waals surface area (Å²) in [5.74, 6) is 0.203. The second-order valence-electron chi connectivity index (χ2n) is 5.12. The molecule has 2 aromatic rings. The van der Waals surface area contributed by atoms with Gasteiger partial charge in [0.25, 0.3) is 0 Å². The van der Waals surface area contributed by atoms with Crippen LogP contribution < -0.4 is 5.32 Å². The van der Waals surface area contributed by atoms with E-state index in [0.29, 0.717) is 22.1 Å². The van der Waals surface area contributed by atoms with Crippen molar-refractivity contribution in [2.45, 2.75) is 20.3 Å². The number of benzene rings is 2. The second-order valence-corrected chi connectivity index (χ2v) is 5.53. The summed E-state index contributed by atoms with van der Waals surface area (Å²) in [7, 11) is 0. The topological polar surface area (TPSA) is 41.5 Å². The highest BCUT2D eigenvalue weighted by atomic mass is 35.5. The molecule has 0 aliphatic rings. The molecule has 2 rings (SSSR count). The number of hydrogen-bond acceptors (Lipinski definition) is 2. The Morgan fingerprint density at radius 3 is 2.52 bits per heavy atom. The van der Waals surface area contributed by atoms with Crippen molar-refractivity contribution in [3.63, 3.8) is 0 Å². The van der Waals surface area contributed by atoms with Crippen molar-refractivity contribution in [1.29, 1.82) is 0 Å². The summed E-state index contributed by atoms with van der Waals surface area (Å²) in [5.41, 5.74) is 3.26. The molecule has 0 aliphatic carbocycles. The Hall–Kier alpha value is -2.39. The summed E-state index contributed by atoms with van der Waals surface area (Å²) in [4.78, 5) is 16.0. The van der Waals surface area contributed by atoms with E-state index in [-0.39, 0.29) is 5.91 Å². The molecule has 1 N–H and O–H groups in total. The van der Waals surface area contributed by atoms with Crippen LogP contribution in [0.25, 0.3) is 5.70 Å². The summed E-state index contributed by atoms with van der Waals surface area (Å²) in [6.07, 6.45) is 0.872. The van der Waals surface area contributed by atoms with E-state index < -0.39 is 0 Å². The van der Waals surface area contributed by atoms with Crippen LogP contribution in [0.15, 0.2) is 60.1 Å². The fourth-order valence-corrected chi connectivity index (χ4v) is 2.33. The molecule has 0 saturated heterocycles. The minimum Gasteiger partial charge on any atom is -0.310 e. The highest BCUT2D eigenvalue weighted by Gasteiger charge is 2.12. The molecule has 0 heterocycles. The zero-order chi connectivity index (χ0) is 16.8. The molecule has 3 nitrogen and oxygen atoms in total. The number of amides is 1. The molecule has 118 valence electrons. The monoisotopic (exact) mass is 326 g/mol. The summed E-state index contributed by atoms with van der Waals surface area (Å²) in [6, 6.07) is 15.3. The Morgan fingerprint density at radius 1 is 1.22 bits per heavy atom. The number of aliphatic imine (C=N–C) groups is 1. The maximum absolute atomic E-state index is 11.5. The smallest absolute Gasteiger partial charge is 0.222 e. The molecule has 2 aromatic carbocycles. The average molecular weight is 327 g/mol. The van der Waals surface area contributed by atoms with Crippen LogP contribution in [0.5, 0.6) is 0 Å². The van der Waals surface area contributed by atoms with Gasteiger partial charge >= 0.3 is 0 Å². The van der Waals surface area contributed by atoms with Gasteiger partial charge in [-0.15, -0.1) is 0 Å². The quantitative estimate of drug-likeness (QED) is 0.654. The highest BCUT2D eigenvalue weighted by molar-refractivity contribution is 6.34. The fourth-order valence-electron chi connectivity index (χ4n) is 2.13. The Balaban J connectivity index is 2.47. The van der Waals surface area contributed by atoms with Gasteiger partial charge in [-0.1, -0.05) is 61.5 Å². The Bertz CT molecular complexity index is 751. The van der Waals surface area contributed by atoms with Gasteiger partial charge in [0, 0.05) is 12.5 Å². The zero-order valence-corrected chi connectivity index (χ0v) is 14.0. The maximum atomic E-state index is 11.5. The third-order valence-corrected chi connectivity index (χ3v) is 3.67. The summed E-state index contributed by atoms with van der Waals surface area (Å²) in [6.45, 7) is 7.49. The summed E-state index contributed by atoms with van der Waals surface area (Å²) in [5, 5.41) is 3.29. The lowest BCUT2D eigenvalue weighted by atomic mass is 10.1. The van der Waals surface area contributed by atoms with Crippen LogP contribution in [0.1, 0.15) is 30.5 Å². The van der Waals surface area contributed by atoms with Gasteiger partial charge in [0.2, 0.25) is 5.91 Å². The molecule has 0 spiro atoms. The van der Waals surface area contributed by atoms with Crippen molar-refractivity contribution in [3.8, 4) is 0 Å². The number of hydrogen-bond donors (Lipinski definition) is 1. The van der Waals surface area contributed by atoms with Crippen LogP contribution in [0, 0.1) is 0 Å². The largest absolute Gasteiger partial charge is 0.310 e. The number of halogens is 1. The van der Waals surface area contributed by atoms with Crippen molar-refractivity contribution in [2.75, 3.05) is 0 Å². The molecule has 23 heavy (non-hydrogen) atoms. The van der Waals surface area contributed by atoms with Crippen LogP contribution in [0.2, 0.25) is 5.02 Å². The highest BCUT2D eigenvalue weighted by Crippen LogP contribution is 2.21. The standard InChI is InChI=1S/C19H19ClN2O/c1-4-15-10-11-18(20)17(12-15)19(22-14(3)23)21-13(2)16-8-6-5-7-9-16/h5-12H,2,4H2,1,3H3,(H,21,22,23). The first-order valence-corrected chi connectivity index (χ1v) is 7.78. The van der Waals surface area contributed by atoms with E-state index >= 15 is 0 Å². The van der Waals surface area contributed by atoms with E-state index in [1.54, 1.807) is 0 Å². The van der Waals surface area contributed by atoms with E-state index in [9.17, 15) is 4.79 Å². The van der Waals surface area contributed by atoms with Gasteiger partial charge in [-0.05, 0) is 29.7 Å². The lowest BCUT2D eigenvalue weighted by molar-refractivity contribution is -0.117. The molecule has 0 fully saturated rings. The SMILES string of the molecule is C=C(/N=C(\NC(C)=O)c1cc(CC)ccc1Cl)c1ccccc1. The lowest BCUT2D eigenvalue weighted by Crippen LogP contribution is -2.29. The van der Waals surface area contributed by atoms with Crippen LogP contribution in [0.4, 0.5) is 0 Å². The first-order valence-electron chi connectivity index (χ1n) is 7.40. The van der Waals surface area contributed by atoms with E-state index in [4.69, 9.17) is 11.6 Å². The minimum atomic E-state index is -0.206. The van der Waals surface area contributed by atoms with Gasteiger partial charge in [-0.2, -0.15) is 0 Å². The third-order valence-electron chi connectivity index (χ3n) is 3.34. The predicted octanol–water partition coefficient (Wildman–Crippen LogP) is 4.46. The average Bonchev–Trinajstić information content (AvgIpc) is 2.55. The first-order chi connectivity index (χ1) is 11.0. The molecule has 0 radical (unpaired) electrons. The lowest BCUT2D eigenvalue weighted by Gasteiger charge is -2.12. The van der Waals surface area contributed by atoms with Gasteiger partial charge in [0.15, 0.2) is 0 Å².